The molecule has 2 rings (SSSR count). The number of benzene rings is 1. The van der Waals surface area contributed by atoms with Gasteiger partial charge in [-0.3, -0.25) is 0 Å². The van der Waals surface area contributed by atoms with Gasteiger partial charge in [-0.25, -0.2) is 4.98 Å². The van der Waals surface area contributed by atoms with E-state index in [0.29, 0.717) is 5.75 Å². The van der Waals surface area contributed by atoms with Gasteiger partial charge in [0, 0.05) is 0 Å². The van der Waals surface area contributed by atoms with Gasteiger partial charge in [-0.15, -0.1) is 11.3 Å². The Morgan fingerprint density at radius 2 is 2.27 bits per heavy atom. The molecule has 0 bridgehead atoms. The molecule has 1 heterocycles. The second-order valence-corrected chi connectivity index (χ2v) is 4.37. The number of hydrogen-bond acceptors (Lipinski definition) is 3. The van der Waals surface area contributed by atoms with Crippen molar-refractivity contribution in [2.45, 2.75) is 0 Å². The smallest absolute Gasteiger partial charge is 0.160 e. The Morgan fingerprint density at radius 3 is 3.00 bits per heavy atom. The molecule has 0 saturated carbocycles. The van der Waals surface area contributed by atoms with E-state index in [1.54, 1.807) is 12.1 Å². The topological polar surface area (TPSA) is 33.1 Å². The average Bonchev–Trinajstić information content (AvgIpc) is 2.31. The number of phenols is 1. The van der Waals surface area contributed by atoms with Crippen molar-refractivity contribution in [1.29, 1.82) is 0 Å². The number of thiazole rings is 1. The van der Waals surface area contributed by atoms with Crippen LogP contribution in [-0.2, 0) is 0 Å². The SMILES string of the molecule is Oc1cccc2nc(Br)sc12. The second-order valence-electron chi connectivity index (χ2n) is 2.09. The predicted octanol–water partition coefficient (Wildman–Crippen LogP) is 2.76. The Balaban J connectivity index is 2.90. The van der Waals surface area contributed by atoms with Crippen LogP contribution in [0, 0.1) is 0 Å². The Kier molecular flexibility index (Phi) is 1.58. The quantitative estimate of drug-likeness (QED) is 0.754. The molecule has 0 aliphatic rings. The van der Waals surface area contributed by atoms with Crippen LogP contribution in [0.15, 0.2) is 22.1 Å². The third-order valence-corrected chi connectivity index (χ3v) is 2.91. The number of aromatic nitrogens is 1. The van der Waals surface area contributed by atoms with Crippen LogP contribution in [0.4, 0.5) is 0 Å². The molecule has 0 unspecified atom stereocenters. The lowest BCUT2D eigenvalue weighted by Crippen LogP contribution is -1.66. The highest BCUT2D eigenvalue weighted by Crippen LogP contribution is 2.32. The maximum atomic E-state index is 9.33. The highest BCUT2D eigenvalue weighted by Gasteiger charge is 2.03. The summed E-state index contributed by atoms with van der Waals surface area (Å²) in [7, 11) is 0. The first-order valence-electron chi connectivity index (χ1n) is 3.01. The number of rotatable bonds is 0. The molecule has 1 aromatic carbocycles. The van der Waals surface area contributed by atoms with Crippen LogP contribution in [-0.4, -0.2) is 10.1 Å². The summed E-state index contributed by atoms with van der Waals surface area (Å²) in [4.78, 5) is 4.15. The number of halogens is 1. The summed E-state index contributed by atoms with van der Waals surface area (Å²) in [6.07, 6.45) is 0. The van der Waals surface area contributed by atoms with Crippen LogP contribution in [0.5, 0.6) is 5.75 Å². The Hall–Kier alpha value is -0.610. The zero-order chi connectivity index (χ0) is 7.84. The molecule has 0 spiro atoms. The normalized spacial score (nSPS) is 10.6. The minimum Gasteiger partial charge on any atom is -0.506 e. The van der Waals surface area contributed by atoms with Crippen molar-refractivity contribution in [3.8, 4) is 5.75 Å². The summed E-state index contributed by atoms with van der Waals surface area (Å²) in [5, 5.41) is 9.33. The van der Waals surface area contributed by atoms with Gasteiger partial charge in [0.2, 0.25) is 0 Å². The predicted molar refractivity (Wildman–Crippen MR) is 49.0 cm³/mol. The Morgan fingerprint density at radius 1 is 1.45 bits per heavy atom. The van der Waals surface area contributed by atoms with E-state index in [2.05, 4.69) is 20.9 Å². The maximum Gasteiger partial charge on any atom is 0.160 e. The van der Waals surface area contributed by atoms with Crippen molar-refractivity contribution in [2.24, 2.45) is 0 Å². The summed E-state index contributed by atoms with van der Waals surface area (Å²) in [6.45, 7) is 0. The fourth-order valence-corrected chi connectivity index (χ4v) is 2.29. The maximum absolute atomic E-state index is 9.33. The molecular formula is C7H4BrNOS. The largest absolute Gasteiger partial charge is 0.506 e. The van der Waals surface area contributed by atoms with Crippen LogP contribution in [0.2, 0.25) is 0 Å². The minimum absolute atomic E-state index is 0.297. The zero-order valence-electron chi connectivity index (χ0n) is 5.41. The minimum atomic E-state index is 0.297. The molecule has 0 aliphatic carbocycles. The van der Waals surface area contributed by atoms with E-state index < -0.39 is 0 Å². The van der Waals surface area contributed by atoms with E-state index in [9.17, 15) is 5.11 Å². The first-order chi connectivity index (χ1) is 5.27. The summed E-state index contributed by atoms with van der Waals surface area (Å²) < 4.78 is 1.63. The number of phenolic OH excluding ortho intramolecular Hbond substituents is 1. The monoisotopic (exact) mass is 229 g/mol. The van der Waals surface area contributed by atoms with Crippen molar-refractivity contribution in [3.63, 3.8) is 0 Å². The van der Waals surface area contributed by atoms with E-state index >= 15 is 0 Å². The van der Waals surface area contributed by atoms with Gasteiger partial charge in [-0.05, 0) is 28.1 Å². The van der Waals surface area contributed by atoms with E-state index in [1.165, 1.54) is 11.3 Å². The van der Waals surface area contributed by atoms with Crippen molar-refractivity contribution >= 4 is 37.5 Å². The van der Waals surface area contributed by atoms with E-state index in [1.807, 2.05) is 6.07 Å². The first-order valence-corrected chi connectivity index (χ1v) is 4.62. The highest BCUT2D eigenvalue weighted by molar-refractivity contribution is 9.11. The van der Waals surface area contributed by atoms with E-state index in [4.69, 9.17) is 0 Å². The highest BCUT2D eigenvalue weighted by atomic mass is 79.9. The molecule has 0 amide bonds. The summed E-state index contributed by atoms with van der Waals surface area (Å²) in [5.74, 6) is 0.297. The van der Waals surface area contributed by atoms with Crippen LogP contribution in [0.25, 0.3) is 10.2 Å². The number of fused-ring (bicyclic) bond motifs is 1. The first kappa shape index (κ1) is 7.06. The Labute approximate surface area is 75.6 Å². The standard InChI is InChI=1S/C7H4BrNOS/c8-7-9-4-2-1-3-5(10)6(4)11-7/h1-3,10H. The number of nitrogens with zero attached hydrogens (tertiary/aromatic N) is 1. The third-order valence-electron chi connectivity index (χ3n) is 1.37. The third kappa shape index (κ3) is 1.12. The lowest BCUT2D eigenvalue weighted by Gasteiger charge is -1.89. The lowest BCUT2D eigenvalue weighted by molar-refractivity contribution is 0.482. The van der Waals surface area contributed by atoms with Crippen molar-refractivity contribution in [2.75, 3.05) is 0 Å². The zero-order valence-corrected chi connectivity index (χ0v) is 7.82. The Bertz CT molecular complexity index is 398. The molecule has 4 heteroatoms. The van der Waals surface area contributed by atoms with E-state index in [0.717, 1.165) is 14.1 Å². The fourth-order valence-electron chi connectivity index (χ4n) is 0.907. The summed E-state index contributed by atoms with van der Waals surface area (Å²) >= 11 is 4.69. The molecule has 11 heavy (non-hydrogen) atoms. The molecule has 1 N–H and O–H groups in total. The molecule has 0 saturated heterocycles. The molecule has 0 radical (unpaired) electrons. The average molecular weight is 230 g/mol. The molecular weight excluding hydrogens is 226 g/mol. The van der Waals surface area contributed by atoms with Gasteiger partial charge in [0.05, 0.1) is 10.2 Å². The number of aromatic hydroxyl groups is 1. The lowest BCUT2D eigenvalue weighted by atomic mass is 10.3. The van der Waals surface area contributed by atoms with Crippen LogP contribution in [0.3, 0.4) is 0 Å². The second kappa shape index (κ2) is 2.46. The molecule has 2 nitrogen and oxygen atoms in total. The van der Waals surface area contributed by atoms with Gasteiger partial charge in [-0.1, -0.05) is 6.07 Å². The summed E-state index contributed by atoms with van der Waals surface area (Å²) in [6, 6.07) is 5.31. The molecule has 0 aliphatic heterocycles. The van der Waals surface area contributed by atoms with E-state index in [-0.39, 0.29) is 0 Å². The van der Waals surface area contributed by atoms with Crippen LogP contribution in [0.1, 0.15) is 0 Å². The van der Waals surface area contributed by atoms with Crippen molar-refractivity contribution < 1.29 is 5.11 Å². The van der Waals surface area contributed by atoms with Crippen molar-refractivity contribution in [1.82, 2.24) is 4.98 Å². The molecule has 0 atom stereocenters. The van der Waals surface area contributed by atoms with Gasteiger partial charge < -0.3 is 5.11 Å². The molecule has 56 valence electrons. The fraction of sp³-hybridized carbons (Fsp3) is 0. The van der Waals surface area contributed by atoms with Crippen LogP contribution >= 0.6 is 27.3 Å². The van der Waals surface area contributed by atoms with Crippen molar-refractivity contribution in [3.05, 3.63) is 22.1 Å². The van der Waals surface area contributed by atoms with Crippen LogP contribution < -0.4 is 0 Å². The van der Waals surface area contributed by atoms with Gasteiger partial charge in [0.25, 0.3) is 0 Å². The van der Waals surface area contributed by atoms with Gasteiger partial charge >= 0.3 is 0 Å². The molecule has 2 aromatic rings. The molecule has 1 aromatic heterocycles. The van der Waals surface area contributed by atoms with Gasteiger partial charge in [-0.2, -0.15) is 0 Å². The van der Waals surface area contributed by atoms with Gasteiger partial charge in [0.1, 0.15) is 5.75 Å². The summed E-state index contributed by atoms with van der Waals surface area (Å²) in [5.41, 5.74) is 0.835. The molecule has 0 fully saturated rings. The van der Waals surface area contributed by atoms with Gasteiger partial charge in [0.15, 0.2) is 3.92 Å². The number of hydrogen-bond donors (Lipinski definition) is 1.